The molecule has 1 aromatic heterocycles. The Hall–Kier alpha value is -2.34. The summed E-state index contributed by atoms with van der Waals surface area (Å²) in [7, 11) is 1.70. The van der Waals surface area contributed by atoms with Crippen LogP contribution in [0.1, 0.15) is 38.2 Å². The van der Waals surface area contributed by atoms with E-state index >= 15 is 0 Å². The number of fused-ring (bicyclic) bond motifs is 1. The predicted octanol–water partition coefficient (Wildman–Crippen LogP) is 0.624. The number of urea groups is 1. The number of nitrogens with zero attached hydrogens (tertiary/aromatic N) is 4. The van der Waals surface area contributed by atoms with Crippen molar-refractivity contribution in [2.75, 3.05) is 39.9 Å². The number of ether oxygens (including phenoxy) is 1. The molecule has 4 rings (SSSR count). The van der Waals surface area contributed by atoms with Crippen molar-refractivity contribution < 1.29 is 18.7 Å². The summed E-state index contributed by atoms with van der Waals surface area (Å²) < 4.78 is 18.4. The number of pyridine rings is 1. The van der Waals surface area contributed by atoms with E-state index in [1.165, 1.54) is 12.1 Å². The summed E-state index contributed by atoms with van der Waals surface area (Å²) >= 11 is 0. The molecule has 3 N–H and O–H groups in total. The molecule has 3 saturated heterocycles. The molecule has 0 bridgehead atoms. The molecule has 0 aromatic carbocycles. The number of methoxy groups -OCH3 is 1. The fraction of sp³-hybridized carbons (Fsp3) is 0.696. The minimum absolute atomic E-state index is 0.0252. The van der Waals surface area contributed by atoms with Crippen LogP contribution in [0.5, 0.6) is 0 Å². The molecular weight excluding hydrogens is 441 g/mol. The van der Waals surface area contributed by atoms with Gasteiger partial charge in [0, 0.05) is 51.3 Å². The second-order valence-electron chi connectivity index (χ2n) is 10.1. The van der Waals surface area contributed by atoms with Crippen molar-refractivity contribution in [3.8, 4) is 0 Å². The van der Waals surface area contributed by atoms with Crippen molar-refractivity contribution in [1.82, 2.24) is 35.9 Å². The normalized spacial score (nSPS) is 30.9. The van der Waals surface area contributed by atoms with Crippen molar-refractivity contribution in [2.45, 2.75) is 57.5 Å². The van der Waals surface area contributed by atoms with E-state index in [1.807, 2.05) is 9.80 Å². The number of piperazine rings is 1. The van der Waals surface area contributed by atoms with E-state index in [-0.39, 0.29) is 41.9 Å². The number of rotatable bonds is 5. The van der Waals surface area contributed by atoms with Crippen LogP contribution in [-0.4, -0.2) is 101 Å². The average Bonchev–Trinajstić information content (AvgIpc) is 3.32. The summed E-state index contributed by atoms with van der Waals surface area (Å²) in [5.41, 5.74) is 6.12. The van der Waals surface area contributed by atoms with Crippen molar-refractivity contribution in [1.29, 1.82) is 0 Å². The van der Waals surface area contributed by atoms with Crippen LogP contribution < -0.4 is 16.2 Å². The summed E-state index contributed by atoms with van der Waals surface area (Å²) in [6.45, 7) is 11.8. The van der Waals surface area contributed by atoms with Gasteiger partial charge in [0.15, 0.2) is 0 Å². The number of hydrogen-bond acceptors (Lipinski definition) is 7. The molecule has 0 saturated carbocycles. The van der Waals surface area contributed by atoms with Crippen LogP contribution >= 0.6 is 0 Å². The number of hydrogen-bond donors (Lipinski definition) is 3. The van der Waals surface area contributed by atoms with Gasteiger partial charge in [-0.3, -0.25) is 15.1 Å². The van der Waals surface area contributed by atoms with Crippen LogP contribution in [-0.2, 0) is 4.74 Å². The molecule has 0 radical (unpaired) electrons. The number of halogens is 1. The van der Waals surface area contributed by atoms with E-state index in [0.717, 1.165) is 19.3 Å². The van der Waals surface area contributed by atoms with Gasteiger partial charge < -0.3 is 19.9 Å². The van der Waals surface area contributed by atoms with Crippen molar-refractivity contribution in [2.24, 2.45) is 5.92 Å². The zero-order chi connectivity index (χ0) is 24.6. The SMILES string of the molecule is COCCN1C[C@H](C)N(C(=O)N2CC3C(NC(=O)c4ccc(F)cn4)NNC3C2(C)C)C[C@H]1C. The van der Waals surface area contributed by atoms with Crippen molar-refractivity contribution in [3.63, 3.8) is 0 Å². The van der Waals surface area contributed by atoms with E-state index in [2.05, 4.69) is 53.7 Å². The number of carbonyl (C=O) groups is 2. The molecule has 0 spiro atoms. The van der Waals surface area contributed by atoms with E-state index in [0.29, 0.717) is 19.7 Å². The van der Waals surface area contributed by atoms with E-state index in [9.17, 15) is 14.0 Å². The lowest BCUT2D eigenvalue weighted by molar-refractivity contribution is 0.0270. The number of carbonyl (C=O) groups excluding carboxylic acids is 2. The van der Waals surface area contributed by atoms with Gasteiger partial charge in [0.1, 0.15) is 11.5 Å². The van der Waals surface area contributed by atoms with Gasteiger partial charge >= 0.3 is 6.03 Å². The molecule has 3 aliphatic heterocycles. The lowest BCUT2D eigenvalue weighted by Gasteiger charge is -2.47. The molecule has 3 amide bonds. The second-order valence-corrected chi connectivity index (χ2v) is 10.1. The Morgan fingerprint density at radius 3 is 2.65 bits per heavy atom. The Morgan fingerprint density at radius 1 is 1.21 bits per heavy atom. The number of amides is 3. The van der Waals surface area contributed by atoms with Crippen LogP contribution in [0.3, 0.4) is 0 Å². The highest BCUT2D eigenvalue weighted by Gasteiger charge is 2.56. The average molecular weight is 478 g/mol. The zero-order valence-corrected chi connectivity index (χ0v) is 20.5. The van der Waals surface area contributed by atoms with Crippen LogP contribution in [0, 0.1) is 11.7 Å². The third-order valence-electron chi connectivity index (χ3n) is 7.52. The van der Waals surface area contributed by atoms with Crippen molar-refractivity contribution in [3.05, 3.63) is 29.8 Å². The molecule has 10 nitrogen and oxygen atoms in total. The Labute approximate surface area is 200 Å². The molecule has 1 aromatic rings. The number of likely N-dealkylation sites (tertiary alicyclic amines) is 1. The molecule has 3 fully saturated rings. The molecule has 188 valence electrons. The lowest BCUT2D eigenvalue weighted by Crippen LogP contribution is -2.64. The maximum Gasteiger partial charge on any atom is 0.320 e. The predicted molar refractivity (Wildman–Crippen MR) is 124 cm³/mol. The van der Waals surface area contributed by atoms with Crippen LogP contribution in [0.2, 0.25) is 0 Å². The first-order valence-corrected chi connectivity index (χ1v) is 11.9. The first kappa shape index (κ1) is 24.8. The van der Waals surface area contributed by atoms with Gasteiger partial charge in [0.05, 0.1) is 30.6 Å². The molecule has 5 atom stereocenters. The summed E-state index contributed by atoms with van der Waals surface area (Å²) in [6.07, 6.45) is 0.637. The standard InChI is InChI=1S/C23H36FN7O3/c1-14-12-30(15(2)11-29(14)8-9-34-5)22(33)31-13-17-19(23(31,3)4)27-28-20(17)26-21(32)18-7-6-16(24)10-25-18/h6-7,10,14-15,17,19-20,27-28H,8-9,11-13H2,1-5H3,(H,26,32)/t14-,15+,17?,19?,20?/m1/s1. The fourth-order valence-electron chi connectivity index (χ4n) is 5.44. The quantitative estimate of drug-likeness (QED) is 0.572. The maximum absolute atomic E-state index is 13.7. The lowest BCUT2D eigenvalue weighted by atomic mass is 9.90. The second kappa shape index (κ2) is 9.73. The first-order valence-electron chi connectivity index (χ1n) is 11.9. The van der Waals surface area contributed by atoms with E-state index in [1.54, 1.807) is 7.11 Å². The Bertz CT molecular complexity index is 899. The number of aromatic nitrogens is 1. The first-order chi connectivity index (χ1) is 16.1. The fourth-order valence-corrected chi connectivity index (χ4v) is 5.44. The van der Waals surface area contributed by atoms with Gasteiger partial charge in [0.25, 0.3) is 5.91 Å². The summed E-state index contributed by atoms with van der Waals surface area (Å²) in [5.74, 6) is -0.914. The van der Waals surface area contributed by atoms with Crippen molar-refractivity contribution >= 4 is 11.9 Å². The third-order valence-corrected chi connectivity index (χ3v) is 7.52. The number of hydrazine groups is 1. The topological polar surface area (TPSA) is 102 Å². The van der Waals surface area contributed by atoms with Gasteiger partial charge in [-0.1, -0.05) is 0 Å². The molecule has 3 aliphatic rings. The van der Waals surface area contributed by atoms with Gasteiger partial charge in [0.2, 0.25) is 0 Å². The highest BCUT2D eigenvalue weighted by atomic mass is 19.1. The maximum atomic E-state index is 13.7. The van der Waals surface area contributed by atoms with Gasteiger partial charge in [-0.2, -0.15) is 0 Å². The number of nitrogens with one attached hydrogen (secondary N) is 3. The van der Waals surface area contributed by atoms with Crippen LogP contribution in [0.15, 0.2) is 18.3 Å². The Kier molecular flexibility index (Phi) is 7.09. The minimum atomic E-state index is -0.493. The molecule has 34 heavy (non-hydrogen) atoms. The van der Waals surface area contributed by atoms with Gasteiger partial charge in [-0.25, -0.2) is 19.6 Å². The van der Waals surface area contributed by atoms with Crippen LogP contribution in [0.25, 0.3) is 0 Å². The highest BCUT2D eigenvalue weighted by Crippen LogP contribution is 2.38. The molecule has 4 heterocycles. The Balaban J connectivity index is 1.43. The van der Waals surface area contributed by atoms with E-state index < -0.39 is 17.3 Å². The Morgan fingerprint density at radius 2 is 1.97 bits per heavy atom. The highest BCUT2D eigenvalue weighted by molar-refractivity contribution is 5.92. The largest absolute Gasteiger partial charge is 0.383 e. The monoisotopic (exact) mass is 477 g/mol. The summed E-state index contributed by atoms with van der Waals surface area (Å²) in [5, 5.41) is 2.94. The van der Waals surface area contributed by atoms with Gasteiger partial charge in [-0.15, -0.1) is 0 Å². The summed E-state index contributed by atoms with van der Waals surface area (Å²) in [6, 6.07) is 2.88. The smallest absolute Gasteiger partial charge is 0.320 e. The minimum Gasteiger partial charge on any atom is -0.383 e. The molecular formula is C23H36FN7O3. The molecule has 0 aliphatic carbocycles. The zero-order valence-electron chi connectivity index (χ0n) is 20.5. The van der Waals surface area contributed by atoms with Gasteiger partial charge in [-0.05, 0) is 39.8 Å². The summed E-state index contributed by atoms with van der Waals surface area (Å²) in [4.78, 5) is 36.5. The third kappa shape index (κ3) is 4.61. The van der Waals surface area contributed by atoms with Crippen LogP contribution in [0.4, 0.5) is 9.18 Å². The molecule has 11 heteroatoms. The van der Waals surface area contributed by atoms with E-state index in [4.69, 9.17) is 4.74 Å². The molecule has 3 unspecified atom stereocenters.